The zero-order valence-corrected chi connectivity index (χ0v) is 10.3. The number of fused-ring (bicyclic) bond motifs is 1. The van der Waals surface area contributed by atoms with Gasteiger partial charge in [0.25, 0.3) is 0 Å². The molecule has 1 heteroatoms. The molecule has 0 fully saturated rings. The van der Waals surface area contributed by atoms with Gasteiger partial charge in [-0.1, -0.05) is 6.07 Å². The van der Waals surface area contributed by atoms with Gasteiger partial charge in [-0.15, -0.1) is 0 Å². The minimum Gasteiger partial charge on any atom is -0.342 e. The smallest absolute Gasteiger partial charge is 0.0490 e. The van der Waals surface area contributed by atoms with E-state index in [0.29, 0.717) is 0 Å². The van der Waals surface area contributed by atoms with Gasteiger partial charge >= 0.3 is 0 Å². The predicted octanol–water partition coefficient (Wildman–Crippen LogP) is 4.01. The van der Waals surface area contributed by atoms with Crippen LogP contribution in [0.4, 0.5) is 0 Å². The van der Waals surface area contributed by atoms with Crippen LogP contribution in [0.3, 0.4) is 0 Å². The Labute approximate surface area is 91.7 Å². The lowest BCUT2D eigenvalue weighted by Gasteiger charge is -2.23. The first-order chi connectivity index (χ1) is 6.89. The molecule has 2 aromatic rings. The lowest BCUT2D eigenvalue weighted by Crippen LogP contribution is -2.20. The summed E-state index contributed by atoms with van der Waals surface area (Å²) in [5, 5.41) is 1.37. The minimum atomic E-state index is 0.155. The van der Waals surface area contributed by atoms with E-state index in [4.69, 9.17) is 0 Å². The Kier molecular flexibility index (Phi) is 2.14. The Morgan fingerprint density at radius 2 is 1.73 bits per heavy atom. The molecule has 1 heterocycles. The molecular weight excluding hydrogens is 182 g/mol. The zero-order chi connectivity index (χ0) is 11.2. The van der Waals surface area contributed by atoms with Crippen molar-refractivity contribution in [1.82, 2.24) is 4.57 Å². The van der Waals surface area contributed by atoms with Crippen molar-refractivity contribution in [2.75, 3.05) is 0 Å². The van der Waals surface area contributed by atoms with E-state index >= 15 is 0 Å². The summed E-state index contributed by atoms with van der Waals surface area (Å²) in [5.74, 6) is 0. The molecule has 2 rings (SSSR count). The summed E-state index contributed by atoms with van der Waals surface area (Å²) in [6.45, 7) is 11.1. The molecule has 0 aliphatic carbocycles. The molecule has 1 aromatic heterocycles. The number of aromatic nitrogens is 1. The highest BCUT2D eigenvalue weighted by atomic mass is 15.0. The van der Waals surface area contributed by atoms with Crippen molar-refractivity contribution in [3.63, 3.8) is 0 Å². The van der Waals surface area contributed by atoms with Crippen molar-refractivity contribution < 1.29 is 0 Å². The van der Waals surface area contributed by atoms with E-state index in [0.717, 1.165) is 0 Å². The van der Waals surface area contributed by atoms with Crippen molar-refractivity contribution >= 4 is 10.9 Å². The average molecular weight is 201 g/mol. The molecule has 0 amide bonds. The summed E-state index contributed by atoms with van der Waals surface area (Å²) in [5.41, 5.74) is 4.21. The Morgan fingerprint density at radius 1 is 1.07 bits per heavy atom. The molecule has 15 heavy (non-hydrogen) atoms. The second-order valence-electron chi connectivity index (χ2n) is 5.37. The number of rotatable bonds is 0. The molecule has 0 unspecified atom stereocenters. The van der Waals surface area contributed by atoms with Crippen LogP contribution in [-0.4, -0.2) is 4.57 Å². The van der Waals surface area contributed by atoms with Gasteiger partial charge in [0.05, 0.1) is 0 Å². The maximum absolute atomic E-state index is 2.35. The van der Waals surface area contributed by atoms with Gasteiger partial charge in [-0.3, -0.25) is 0 Å². The maximum atomic E-state index is 2.35. The summed E-state index contributed by atoms with van der Waals surface area (Å²) < 4.78 is 2.35. The topological polar surface area (TPSA) is 4.93 Å². The van der Waals surface area contributed by atoms with Crippen LogP contribution in [0.5, 0.6) is 0 Å². The highest BCUT2D eigenvalue weighted by Gasteiger charge is 2.15. The lowest BCUT2D eigenvalue weighted by atomic mass is 10.1. The Balaban J connectivity index is 2.80. The standard InChI is InChI=1S/C14H19N/c1-10-8-11(2)12-6-7-15(13(12)9-10)14(3,4)5/h6-9H,1-5H3. The molecule has 80 valence electrons. The van der Waals surface area contributed by atoms with E-state index < -0.39 is 0 Å². The fraction of sp³-hybridized carbons (Fsp3) is 0.429. The van der Waals surface area contributed by atoms with Crippen molar-refractivity contribution in [1.29, 1.82) is 0 Å². The SMILES string of the molecule is Cc1cc(C)c2ccn(C(C)(C)C)c2c1. The van der Waals surface area contributed by atoms with E-state index in [1.807, 2.05) is 0 Å². The van der Waals surface area contributed by atoms with E-state index in [-0.39, 0.29) is 5.54 Å². The lowest BCUT2D eigenvalue weighted by molar-refractivity contribution is 0.411. The normalized spacial score (nSPS) is 12.3. The molecular formula is C14H19N. The zero-order valence-electron chi connectivity index (χ0n) is 10.3. The Morgan fingerprint density at radius 3 is 2.33 bits per heavy atom. The number of aryl methyl sites for hydroxylation is 2. The molecule has 0 saturated carbocycles. The minimum absolute atomic E-state index is 0.155. The molecule has 0 saturated heterocycles. The maximum Gasteiger partial charge on any atom is 0.0490 e. The van der Waals surface area contributed by atoms with Crippen LogP contribution in [0.2, 0.25) is 0 Å². The van der Waals surface area contributed by atoms with Crippen molar-refractivity contribution in [2.45, 2.75) is 40.2 Å². The first-order valence-electron chi connectivity index (χ1n) is 5.48. The van der Waals surface area contributed by atoms with Gasteiger partial charge < -0.3 is 4.57 Å². The number of hydrogen-bond acceptors (Lipinski definition) is 0. The summed E-state index contributed by atoms with van der Waals surface area (Å²) in [4.78, 5) is 0. The van der Waals surface area contributed by atoms with Gasteiger partial charge in [-0.25, -0.2) is 0 Å². The van der Waals surface area contributed by atoms with Gasteiger partial charge in [0.2, 0.25) is 0 Å². The third kappa shape index (κ3) is 1.67. The molecule has 0 spiro atoms. The summed E-state index contributed by atoms with van der Waals surface area (Å²) >= 11 is 0. The second-order valence-corrected chi connectivity index (χ2v) is 5.37. The molecule has 0 atom stereocenters. The highest BCUT2D eigenvalue weighted by molar-refractivity contribution is 5.84. The average Bonchev–Trinajstić information content (AvgIpc) is 2.45. The van der Waals surface area contributed by atoms with Crippen LogP contribution in [0.15, 0.2) is 24.4 Å². The van der Waals surface area contributed by atoms with Gasteiger partial charge in [-0.05, 0) is 57.9 Å². The monoisotopic (exact) mass is 201 g/mol. The fourth-order valence-electron chi connectivity index (χ4n) is 2.19. The third-order valence-corrected chi connectivity index (χ3v) is 2.88. The molecule has 1 nitrogen and oxygen atoms in total. The van der Waals surface area contributed by atoms with Crippen molar-refractivity contribution in [2.24, 2.45) is 0 Å². The van der Waals surface area contributed by atoms with E-state index in [1.54, 1.807) is 0 Å². The molecule has 0 aliphatic heterocycles. The summed E-state index contributed by atoms with van der Waals surface area (Å²) in [6, 6.07) is 6.73. The van der Waals surface area contributed by atoms with Crippen molar-refractivity contribution in [3.8, 4) is 0 Å². The predicted molar refractivity (Wildman–Crippen MR) is 66.4 cm³/mol. The first kappa shape index (κ1) is 10.3. The number of benzene rings is 1. The number of hydrogen-bond donors (Lipinski definition) is 0. The van der Waals surface area contributed by atoms with Crippen LogP contribution in [0, 0.1) is 13.8 Å². The Hall–Kier alpha value is -1.24. The fourth-order valence-corrected chi connectivity index (χ4v) is 2.19. The largest absolute Gasteiger partial charge is 0.342 e. The molecule has 1 aromatic carbocycles. The van der Waals surface area contributed by atoms with Gasteiger partial charge in [-0.2, -0.15) is 0 Å². The quantitative estimate of drug-likeness (QED) is 0.607. The van der Waals surface area contributed by atoms with Gasteiger partial charge in [0, 0.05) is 22.6 Å². The van der Waals surface area contributed by atoms with Crippen LogP contribution in [0.25, 0.3) is 10.9 Å². The second kappa shape index (κ2) is 3.13. The molecule has 0 N–H and O–H groups in total. The third-order valence-electron chi connectivity index (χ3n) is 2.88. The van der Waals surface area contributed by atoms with Crippen LogP contribution in [-0.2, 0) is 5.54 Å². The first-order valence-corrected chi connectivity index (χ1v) is 5.48. The van der Waals surface area contributed by atoms with Crippen molar-refractivity contribution in [3.05, 3.63) is 35.5 Å². The summed E-state index contributed by atoms with van der Waals surface area (Å²) in [7, 11) is 0. The van der Waals surface area contributed by atoms with Crippen LogP contribution < -0.4 is 0 Å². The van der Waals surface area contributed by atoms with Crippen LogP contribution >= 0.6 is 0 Å². The highest BCUT2D eigenvalue weighted by Crippen LogP contribution is 2.27. The summed E-state index contributed by atoms with van der Waals surface area (Å²) in [6.07, 6.45) is 2.19. The molecule has 0 radical (unpaired) electrons. The van der Waals surface area contributed by atoms with Gasteiger partial charge in [0.1, 0.15) is 0 Å². The molecule has 0 aliphatic rings. The van der Waals surface area contributed by atoms with E-state index in [1.165, 1.54) is 22.0 Å². The Bertz CT molecular complexity index is 498. The number of nitrogens with zero attached hydrogens (tertiary/aromatic N) is 1. The van der Waals surface area contributed by atoms with E-state index in [2.05, 4.69) is 63.6 Å². The van der Waals surface area contributed by atoms with Crippen LogP contribution in [0.1, 0.15) is 31.9 Å². The van der Waals surface area contributed by atoms with E-state index in [9.17, 15) is 0 Å². The molecule has 0 bridgehead atoms. The van der Waals surface area contributed by atoms with Gasteiger partial charge in [0.15, 0.2) is 0 Å².